The van der Waals surface area contributed by atoms with E-state index in [1.807, 2.05) is 54.6 Å². The van der Waals surface area contributed by atoms with E-state index in [0.717, 1.165) is 11.1 Å². The zero-order chi connectivity index (χ0) is 17.5. The fourth-order valence-corrected chi connectivity index (χ4v) is 2.33. The van der Waals surface area contributed by atoms with E-state index >= 15 is 0 Å². The quantitative estimate of drug-likeness (QED) is 0.483. The van der Waals surface area contributed by atoms with Gasteiger partial charge in [0.2, 0.25) is 0 Å². The minimum Gasteiger partial charge on any atom is -0.493 e. The molecule has 1 aromatic heterocycles. The SMILES string of the molecule is COc1cccc(/C=N\OCc2cc(-c3ccccc3)on2)c1OC. The van der Waals surface area contributed by atoms with Crippen molar-refractivity contribution in [1.82, 2.24) is 5.16 Å². The maximum Gasteiger partial charge on any atom is 0.169 e. The third kappa shape index (κ3) is 3.98. The number of hydrogen-bond donors (Lipinski definition) is 0. The molecular formula is C19H18N2O4. The van der Waals surface area contributed by atoms with Crippen LogP contribution in [-0.4, -0.2) is 25.6 Å². The molecule has 2 aromatic carbocycles. The highest BCUT2D eigenvalue weighted by molar-refractivity contribution is 5.84. The number of para-hydroxylation sites is 1. The molecule has 0 saturated heterocycles. The van der Waals surface area contributed by atoms with Crippen LogP contribution in [0.4, 0.5) is 0 Å². The molecule has 3 aromatic rings. The molecule has 3 rings (SSSR count). The van der Waals surface area contributed by atoms with E-state index in [2.05, 4.69) is 10.3 Å². The number of oxime groups is 1. The minimum absolute atomic E-state index is 0.207. The van der Waals surface area contributed by atoms with Crippen LogP contribution in [-0.2, 0) is 11.4 Å². The van der Waals surface area contributed by atoms with Crippen LogP contribution in [0.15, 0.2) is 64.3 Å². The Morgan fingerprint density at radius 1 is 1.04 bits per heavy atom. The van der Waals surface area contributed by atoms with Gasteiger partial charge in [-0.05, 0) is 12.1 Å². The normalized spacial score (nSPS) is 10.8. The lowest BCUT2D eigenvalue weighted by Crippen LogP contribution is -1.95. The summed E-state index contributed by atoms with van der Waals surface area (Å²) in [5, 5.41) is 7.94. The van der Waals surface area contributed by atoms with Crippen LogP contribution in [0, 0.1) is 0 Å². The third-order valence-electron chi connectivity index (χ3n) is 3.53. The predicted molar refractivity (Wildman–Crippen MR) is 93.9 cm³/mol. The van der Waals surface area contributed by atoms with Crippen molar-refractivity contribution in [1.29, 1.82) is 0 Å². The van der Waals surface area contributed by atoms with E-state index in [0.29, 0.717) is 23.0 Å². The van der Waals surface area contributed by atoms with Crippen molar-refractivity contribution in [3.8, 4) is 22.8 Å². The van der Waals surface area contributed by atoms with Crippen molar-refractivity contribution in [2.75, 3.05) is 14.2 Å². The van der Waals surface area contributed by atoms with Gasteiger partial charge in [0.15, 0.2) is 23.9 Å². The number of hydrogen-bond acceptors (Lipinski definition) is 6. The maximum atomic E-state index is 5.34. The Morgan fingerprint density at radius 2 is 1.88 bits per heavy atom. The molecule has 0 saturated carbocycles. The van der Waals surface area contributed by atoms with Crippen LogP contribution in [0.2, 0.25) is 0 Å². The average Bonchev–Trinajstić information content (AvgIpc) is 3.14. The molecule has 0 amide bonds. The lowest BCUT2D eigenvalue weighted by Gasteiger charge is -2.09. The van der Waals surface area contributed by atoms with Crippen LogP contribution in [0.25, 0.3) is 11.3 Å². The van der Waals surface area contributed by atoms with Gasteiger partial charge in [-0.25, -0.2) is 0 Å². The van der Waals surface area contributed by atoms with Gasteiger partial charge in [0.25, 0.3) is 0 Å². The first-order chi connectivity index (χ1) is 12.3. The molecule has 128 valence electrons. The van der Waals surface area contributed by atoms with Gasteiger partial charge in [-0.1, -0.05) is 46.7 Å². The summed E-state index contributed by atoms with van der Waals surface area (Å²) < 4.78 is 15.9. The van der Waals surface area contributed by atoms with Gasteiger partial charge in [0, 0.05) is 17.2 Å². The highest BCUT2D eigenvalue weighted by atomic mass is 16.6. The second kappa shape index (κ2) is 8.01. The predicted octanol–water partition coefficient (Wildman–Crippen LogP) is 3.91. The lowest BCUT2D eigenvalue weighted by molar-refractivity contribution is 0.126. The molecule has 6 heteroatoms. The zero-order valence-corrected chi connectivity index (χ0v) is 14.0. The molecule has 0 N–H and O–H groups in total. The minimum atomic E-state index is 0.207. The van der Waals surface area contributed by atoms with Crippen LogP contribution < -0.4 is 9.47 Å². The molecule has 0 bridgehead atoms. The van der Waals surface area contributed by atoms with E-state index < -0.39 is 0 Å². The Labute approximate surface area is 145 Å². The number of methoxy groups -OCH3 is 2. The lowest BCUT2D eigenvalue weighted by atomic mass is 10.2. The average molecular weight is 338 g/mol. The molecule has 0 spiro atoms. The molecular weight excluding hydrogens is 320 g/mol. The zero-order valence-electron chi connectivity index (χ0n) is 14.0. The molecule has 6 nitrogen and oxygen atoms in total. The summed E-state index contributed by atoms with van der Waals surface area (Å²) in [5.41, 5.74) is 2.38. The van der Waals surface area contributed by atoms with Gasteiger partial charge in [0.05, 0.1) is 20.4 Å². The van der Waals surface area contributed by atoms with E-state index in [1.165, 1.54) is 0 Å². The van der Waals surface area contributed by atoms with Crippen molar-refractivity contribution >= 4 is 6.21 Å². The fourth-order valence-electron chi connectivity index (χ4n) is 2.33. The number of nitrogens with zero attached hydrogens (tertiary/aromatic N) is 2. The van der Waals surface area contributed by atoms with Gasteiger partial charge in [0.1, 0.15) is 5.69 Å². The summed E-state index contributed by atoms with van der Waals surface area (Å²) in [6, 6.07) is 17.1. The number of benzene rings is 2. The summed E-state index contributed by atoms with van der Waals surface area (Å²) in [4.78, 5) is 5.30. The van der Waals surface area contributed by atoms with Crippen LogP contribution in [0.1, 0.15) is 11.3 Å². The molecule has 0 atom stereocenters. The summed E-state index contributed by atoms with van der Waals surface area (Å²) in [5.74, 6) is 1.93. The summed E-state index contributed by atoms with van der Waals surface area (Å²) in [6.45, 7) is 0.207. The topological polar surface area (TPSA) is 66.1 Å². The second-order valence-electron chi connectivity index (χ2n) is 5.14. The maximum absolute atomic E-state index is 5.34. The van der Waals surface area contributed by atoms with Crippen molar-refractivity contribution in [2.45, 2.75) is 6.61 Å². The number of aromatic nitrogens is 1. The summed E-state index contributed by atoms with van der Waals surface area (Å²) >= 11 is 0. The largest absolute Gasteiger partial charge is 0.493 e. The van der Waals surface area contributed by atoms with Crippen LogP contribution in [0.3, 0.4) is 0 Å². The monoisotopic (exact) mass is 338 g/mol. The van der Waals surface area contributed by atoms with Gasteiger partial charge in [-0.15, -0.1) is 0 Å². The van der Waals surface area contributed by atoms with Gasteiger partial charge >= 0.3 is 0 Å². The van der Waals surface area contributed by atoms with Crippen LogP contribution >= 0.6 is 0 Å². The molecule has 0 fully saturated rings. The van der Waals surface area contributed by atoms with E-state index in [1.54, 1.807) is 20.4 Å². The summed E-state index contributed by atoms with van der Waals surface area (Å²) in [7, 11) is 3.17. The van der Waals surface area contributed by atoms with Gasteiger partial charge < -0.3 is 18.8 Å². The highest BCUT2D eigenvalue weighted by Gasteiger charge is 2.08. The number of rotatable bonds is 7. The molecule has 0 unspecified atom stereocenters. The molecule has 0 radical (unpaired) electrons. The van der Waals surface area contributed by atoms with Crippen molar-refractivity contribution in [3.63, 3.8) is 0 Å². The number of ether oxygens (including phenoxy) is 2. The fraction of sp³-hybridized carbons (Fsp3) is 0.158. The molecule has 0 aliphatic rings. The van der Waals surface area contributed by atoms with Crippen molar-refractivity contribution < 1.29 is 18.8 Å². The third-order valence-corrected chi connectivity index (χ3v) is 3.53. The first-order valence-corrected chi connectivity index (χ1v) is 7.69. The van der Waals surface area contributed by atoms with E-state index in [-0.39, 0.29) is 6.61 Å². The van der Waals surface area contributed by atoms with Crippen LogP contribution in [0.5, 0.6) is 11.5 Å². The molecule has 25 heavy (non-hydrogen) atoms. The molecule has 0 aliphatic carbocycles. The first kappa shape index (κ1) is 16.6. The second-order valence-corrected chi connectivity index (χ2v) is 5.14. The van der Waals surface area contributed by atoms with Gasteiger partial charge in [-0.3, -0.25) is 0 Å². The standard InChI is InChI=1S/C19H18N2O4/c1-22-17-10-6-9-15(19(17)23-2)12-20-24-13-16-11-18(25-21-16)14-7-4-3-5-8-14/h3-12H,13H2,1-2H3/b20-12-. The Morgan fingerprint density at radius 3 is 2.64 bits per heavy atom. The van der Waals surface area contributed by atoms with Gasteiger partial charge in [-0.2, -0.15) is 0 Å². The van der Waals surface area contributed by atoms with E-state index in [9.17, 15) is 0 Å². The highest BCUT2D eigenvalue weighted by Crippen LogP contribution is 2.29. The first-order valence-electron chi connectivity index (χ1n) is 7.69. The van der Waals surface area contributed by atoms with E-state index in [4.69, 9.17) is 18.8 Å². The Balaban J connectivity index is 1.62. The van der Waals surface area contributed by atoms with Crippen molar-refractivity contribution in [2.24, 2.45) is 5.16 Å². The van der Waals surface area contributed by atoms with Crippen molar-refractivity contribution in [3.05, 3.63) is 65.9 Å². The Hall–Kier alpha value is -3.28. The molecule has 0 aliphatic heterocycles. The summed E-state index contributed by atoms with van der Waals surface area (Å²) in [6.07, 6.45) is 1.57. The Kier molecular flexibility index (Phi) is 5.31. The Bertz CT molecular complexity index is 844. The molecule has 1 heterocycles. The smallest absolute Gasteiger partial charge is 0.169 e.